The van der Waals surface area contributed by atoms with Crippen molar-refractivity contribution < 1.29 is 19.5 Å². The maximum atomic E-state index is 11.4. The molecule has 0 aliphatic heterocycles. The van der Waals surface area contributed by atoms with Gasteiger partial charge in [-0.25, -0.2) is 4.79 Å². The van der Waals surface area contributed by atoms with Gasteiger partial charge in [0.2, 0.25) is 5.91 Å². The van der Waals surface area contributed by atoms with Gasteiger partial charge in [0, 0.05) is 13.6 Å². The number of rotatable bonds is 6. The second-order valence-electron chi connectivity index (χ2n) is 3.69. The predicted octanol–water partition coefficient (Wildman–Crippen LogP) is -0.515. The molecule has 7 nitrogen and oxygen atoms in total. The number of aliphatic carboxylic acids is 1. The van der Waals surface area contributed by atoms with Crippen LogP contribution in [0.2, 0.25) is 0 Å². The highest BCUT2D eigenvalue weighted by Gasteiger charge is 2.17. The summed E-state index contributed by atoms with van der Waals surface area (Å²) in [7, 11) is 1.41. The van der Waals surface area contributed by atoms with Gasteiger partial charge in [-0.15, -0.1) is 0 Å². The van der Waals surface area contributed by atoms with E-state index in [2.05, 4.69) is 10.6 Å². The summed E-state index contributed by atoms with van der Waals surface area (Å²) in [6, 6.07) is -0.572. The molecule has 3 N–H and O–H groups in total. The molecule has 0 aliphatic carbocycles. The minimum atomic E-state index is -0.907. The standard InChI is InChI=1S/C10H19N3O4/c1-4-13(5-7(2)9(15)16)6-8(14)12-10(17)11-3/h7H,4-6H2,1-3H3,(H,15,16)(H2,11,12,14,17). The fourth-order valence-corrected chi connectivity index (χ4v) is 1.20. The van der Waals surface area contributed by atoms with Crippen LogP contribution in [0.4, 0.5) is 4.79 Å². The van der Waals surface area contributed by atoms with Gasteiger partial charge >= 0.3 is 12.0 Å². The number of imide groups is 1. The number of carboxylic acids is 1. The minimum absolute atomic E-state index is 0.00153. The number of likely N-dealkylation sites (N-methyl/N-ethyl adjacent to an activating group) is 1. The van der Waals surface area contributed by atoms with Gasteiger partial charge in [-0.3, -0.25) is 19.8 Å². The zero-order valence-electron chi connectivity index (χ0n) is 10.3. The molecule has 1 atom stereocenters. The molecular weight excluding hydrogens is 226 g/mol. The number of nitrogens with one attached hydrogen (secondary N) is 2. The van der Waals surface area contributed by atoms with Gasteiger partial charge in [-0.2, -0.15) is 0 Å². The summed E-state index contributed by atoms with van der Waals surface area (Å²) < 4.78 is 0. The Balaban J connectivity index is 4.17. The lowest BCUT2D eigenvalue weighted by molar-refractivity contribution is -0.142. The van der Waals surface area contributed by atoms with Crippen molar-refractivity contribution >= 4 is 17.9 Å². The fraction of sp³-hybridized carbons (Fsp3) is 0.700. The highest BCUT2D eigenvalue weighted by Crippen LogP contribution is 1.99. The fourth-order valence-electron chi connectivity index (χ4n) is 1.20. The average molecular weight is 245 g/mol. The molecule has 17 heavy (non-hydrogen) atoms. The van der Waals surface area contributed by atoms with E-state index in [4.69, 9.17) is 5.11 Å². The summed E-state index contributed by atoms with van der Waals surface area (Å²) in [5.41, 5.74) is 0. The maximum absolute atomic E-state index is 11.4. The first-order chi connectivity index (χ1) is 7.90. The molecule has 0 fully saturated rings. The van der Waals surface area contributed by atoms with Gasteiger partial charge in [0.05, 0.1) is 12.5 Å². The summed E-state index contributed by atoms with van der Waals surface area (Å²) >= 11 is 0. The van der Waals surface area contributed by atoms with Crippen molar-refractivity contribution in [2.24, 2.45) is 5.92 Å². The first-order valence-corrected chi connectivity index (χ1v) is 5.37. The monoisotopic (exact) mass is 245 g/mol. The molecular formula is C10H19N3O4. The van der Waals surface area contributed by atoms with Crippen molar-refractivity contribution in [2.75, 3.05) is 26.7 Å². The number of nitrogens with zero attached hydrogens (tertiary/aromatic N) is 1. The number of carboxylic acid groups (broad SMARTS) is 1. The Kier molecular flexibility index (Phi) is 6.88. The normalized spacial score (nSPS) is 12.0. The van der Waals surface area contributed by atoms with Crippen molar-refractivity contribution in [1.82, 2.24) is 15.5 Å². The van der Waals surface area contributed by atoms with E-state index in [1.807, 2.05) is 6.92 Å². The largest absolute Gasteiger partial charge is 0.481 e. The summed E-state index contributed by atoms with van der Waals surface area (Å²) in [6.07, 6.45) is 0. The summed E-state index contributed by atoms with van der Waals surface area (Å²) in [4.78, 5) is 34.6. The molecule has 0 rings (SSSR count). The van der Waals surface area contributed by atoms with Crippen molar-refractivity contribution in [2.45, 2.75) is 13.8 Å². The van der Waals surface area contributed by atoms with E-state index in [-0.39, 0.29) is 13.1 Å². The summed E-state index contributed by atoms with van der Waals surface area (Å²) in [5.74, 6) is -1.92. The van der Waals surface area contributed by atoms with E-state index in [1.165, 1.54) is 7.05 Å². The van der Waals surface area contributed by atoms with Gasteiger partial charge in [0.25, 0.3) is 0 Å². The van der Waals surface area contributed by atoms with Gasteiger partial charge in [-0.1, -0.05) is 13.8 Å². The van der Waals surface area contributed by atoms with Gasteiger partial charge in [-0.05, 0) is 6.54 Å². The smallest absolute Gasteiger partial charge is 0.321 e. The van der Waals surface area contributed by atoms with Crippen molar-refractivity contribution in [3.05, 3.63) is 0 Å². The molecule has 0 aromatic rings. The molecule has 3 amide bonds. The maximum Gasteiger partial charge on any atom is 0.321 e. The van der Waals surface area contributed by atoms with E-state index in [9.17, 15) is 14.4 Å². The summed E-state index contributed by atoms with van der Waals surface area (Å²) in [6.45, 7) is 4.21. The van der Waals surface area contributed by atoms with Gasteiger partial charge in [0.15, 0.2) is 0 Å². The Bertz CT molecular complexity index is 293. The Morgan fingerprint density at radius 2 is 1.94 bits per heavy atom. The topological polar surface area (TPSA) is 98.7 Å². The summed E-state index contributed by atoms with van der Waals surface area (Å²) in [5, 5.41) is 13.1. The third-order valence-electron chi connectivity index (χ3n) is 2.25. The van der Waals surface area contributed by atoms with E-state index in [0.717, 1.165) is 0 Å². The zero-order valence-corrected chi connectivity index (χ0v) is 10.3. The second-order valence-corrected chi connectivity index (χ2v) is 3.69. The predicted molar refractivity (Wildman–Crippen MR) is 61.5 cm³/mol. The lowest BCUT2D eigenvalue weighted by Crippen LogP contribution is -2.44. The van der Waals surface area contributed by atoms with Crippen LogP contribution in [0.1, 0.15) is 13.8 Å². The third-order valence-corrected chi connectivity index (χ3v) is 2.25. The van der Waals surface area contributed by atoms with Crippen LogP contribution in [-0.2, 0) is 9.59 Å². The first-order valence-electron chi connectivity index (χ1n) is 5.37. The van der Waals surface area contributed by atoms with Crippen molar-refractivity contribution in [3.8, 4) is 0 Å². The van der Waals surface area contributed by atoms with E-state index in [1.54, 1.807) is 11.8 Å². The molecule has 98 valence electrons. The Morgan fingerprint density at radius 3 is 2.35 bits per heavy atom. The number of hydrogen-bond acceptors (Lipinski definition) is 4. The van der Waals surface area contributed by atoms with Crippen LogP contribution < -0.4 is 10.6 Å². The van der Waals surface area contributed by atoms with Crippen LogP contribution in [0.25, 0.3) is 0 Å². The van der Waals surface area contributed by atoms with Crippen molar-refractivity contribution in [1.29, 1.82) is 0 Å². The molecule has 1 unspecified atom stereocenters. The number of amides is 3. The average Bonchev–Trinajstić information content (AvgIpc) is 2.27. The molecule has 0 radical (unpaired) electrons. The molecule has 0 spiro atoms. The molecule has 0 aromatic carbocycles. The highest BCUT2D eigenvalue weighted by atomic mass is 16.4. The molecule has 7 heteroatoms. The Morgan fingerprint density at radius 1 is 1.35 bits per heavy atom. The molecule has 0 aliphatic rings. The molecule has 0 heterocycles. The van der Waals surface area contributed by atoms with E-state index in [0.29, 0.717) is 6.54 Å². The number of hydrogen-bond donors (Lipinski definition) is 3. The number of carbonyl (C=O) groups excluding carboxylic acids is 2. The second kappa shape index (κ2) is 7.61. The Hall–Kier alpha value is -1.63. The zero-order chi connectivity index (χ0) is 13.4. The molecule has 0 saturated carbocycles. The van der Waals surface area contributed by atoms with Crippen molar-refractivity contribution in [3.63, 3.8) is 0 Å². The quantitative estimate of drug-likeness (QED) is 0.585. The number of urea groups is 1. The van der Waals surface area contributed by atoms with E-state index >= 15 is 0 Å². The molecule has 0 aromatic heterocycles. The van der Waals surface area contributed by atoms with E-state index < -0.39 is 23.8 Å². The van der Waals surface area contributed by atoms with Crippen LogP contribution >= 0.6 is 0 Å². The minimum Gasteiger partial charge on any atom is -0.481 e. The van der Waals surface area contributed by atoms with Crippen LogP contribution in [0.15, 0.2) is 0 Å². The van der Waals surface area contributed by atoms with Crippen LogP contribution in [-0.4, -0.2) is 54.6 Å². The first kappa shape index (κ1) is 15.4. The highest BCUT2D eigenvalue weighted by molar-refractivity contribution is 5.95. The SMILES string of the molecule is CCN(CC(=O)NC(=O)NC)CC(C)C(=O)O. The van der Waals surface area contributed by atoms with Crippen LogP contribution in [0.5, 0.6) is 0 Å². The lowest BCUT2D eigenvalue weighted by Gasteiger charge is -2.21. The van der Waals surface area contributed by atoms with Gasteiger partial charge in [0.1, 0.15) is 0 Å². The molecule has 0 saturated heterocycles. The molecule has 0 bridgehead atoms. The lowest BCUT2D eigenvalue weighted by atomic mass is 10.1. The van der Waals surface area contributed by atoms with Crippen LogP contribution in [0.3, 0.4) is 0 Å². The van der Waals surface area contributed by atoms with Crippen LogP contribution in [0, 0.1) is 5.92 Å². The Labute approximate surface area is 100 Å². The third kappa shape index (κ3) is 6.52. The number of carbonyl (C=O) groups is 3. The van der Waals surface area contributed by atoms with Gasteiger partial charge < -0.3 is 10.4 Å².